The van der Waals surface area contributed by atoms with E-state index in [-0.39, 0.29) is 5.56 Å². The van der Waals surface area contributed by atoms with Gasteiger partial charge >= 0.3 is 0 Å². The molecular weight excluding hydrogens is 254 g/mol. The first-order chi connectivity index (χ1) is 9.70. The number of H-pyrrole nitrogens is 1. The molecule has 0 saturated carbocycles. The lowest BCUT2D eigenvalue weighted by Gasteiger charge is -2.10. The summed E-state index contributed by atoms with van der Waals surface area (Å²) in [5.41, 5.74) is 2.37. The number of aromatic amines is 1. The molecule has 2 aromatic heterocycles. The summed E-state index contributed by atoms with van der Waals surface area (Å²) in [6, 6.07) is 7.65. The number of rotatable bonds is 2. The van der Waals surface area contributed by atoms with Gasteiger partial charge in [0, 0.05) is 23.3 Å². The molecule has 0 radical (unpaired) electrons. The third-order valence-corrected chi connectivity index (χ3v) is 3.20. The minimum atomic E-state index is -0.247. The maximum absolute atomic E-state index is 11.8. The Kier molecular flexibility index (Phi) is 2.95. The van der Waals surface area contributed by atoms with Gasteiger partial charge in [-0.25, -0.2) is 5.10 Å². The van der Waals surface area contributed by atoms with Crippen LogP contribution in [0.15, 0.2) is 41.5 Å². The van der Waals surface area contributed by atoms with Gasteiger partial charge in [0.25, 0.3) is 5.56 Å². The Balaban J connectivity index is 2.36. The fourth-order valence-electron chi connectivity index (χ4n) is 2.21. The molecular formula is C15H13N3O2. The topological polar surface area (TPSA) is 67.9 Å². The number of aryl methyl sites for hydroxylation is 1. The second kappa shape index (κ2) is 4.77. The zero-order chi connectivity index (χ0) is 14.1. The Bertz CT molecular complexity index is 840. The maximum atomic E-state index is 11.8. The van der Waals surface area contributed by atoms with Crippen molar-refractivity contribution in [2.45, 2.75) is 6.92 Å². The monoisotopic (exact) mass is 267 g/mol. The van der Waals surface area contributed by atoms with Crippen LogP contribution in [-0.2, 0) is 0 Å². The molecule has 0 amide bonds. The van der Waals surface area contributed by atoms with Crippen LogP contribution in [0.3, 0.4) is 0 Å². The molecule has 0 aliphatic carbocycles. The summed E-state index contributed by atoms with van der Waals surface area (Å²) in [7, 11) is 1.62. The second-order valence-electron chi connectivity index (χ2n) is 4.53. The molecule has 5 heteroatoms. The molecule has 5 nitrogen and oxygen atoms in total. The van der Waals surface area contributed by atoms with Crippen LogP contribution in [0.25, 0.3) is 22.0 Å². The number of hydrogen-bond acceptors (Lipinski definition) is 4. The predicted molar refractivity (Wildman–Crippen MR) is 76.9 cm³/mol. The average molecular weight is 267 g/mol. The molecule has 20 heavy (non-hydrogen) atoms. The lowest BCUT2D eigenvalue weighted by Crippen LogP contribution is -2.10. The van der Waals surface area contributed by atoms with Gasteiger partial charge in [-0.05, 0) is 30.7 Å². The first-order valence-electron chi connectivity index (χ1n) is 6.18. The molecule has 0 aliphatic rings. The number of ether oxygens (including phenoxy) is 1. The molecule has 0 spiro atoms. The van der Waals surface area contributed by atoms with Gasteiger partial charge in [0.15, 0.2) is 0 Å². The van der Waals surface area contributed by atoms with Crippen molar-refractivity contribution >= 4 is 10.8 Å². The van der Waals surface area contributed by atoms with Gasteiger partial charge in [-0.2, -0.15) is 5.10 Å². The minimum absolute atomic E-state index is 0.247. The van der Waals surface area contributed by atoms with E-state index in [1.54, 1.807) is 25.6 Å². The van der Waals surface area contributed by atoms with E-state index in [4.69, 9.17) is 4.74 Å². The van der Waals surface area contributed by atoms with Crippen LogP contribution in [0.2, 0.25) is 0 Å². The predicted octanol–water partition coefficient (Wildman–Crippen LogP) is 2.30. The zero-order valence-corrected chi connectivity index (χ0v) is 11.2. The van der Waals surface area contributed by atoms with Crippen LogP contribution < -0.4 is 10.3 Å². The Labute approximate surface area is 115 Å². The van der Waals surface area contributed by atoms with Gasteiger partial charge in [0.05, 0.1) is 12.5 Å². The van der Waals surface area contributed by atoms with E-state index in [1.807, 2.05) is 25.1 Å². The van der Waals surface area contributed by atoms with E-state index < -0.39 is 0 Å². The van der Waals surface area contributed by atoms with Crippen LogP contribution in [0.1, 0.15) is 5.56 Å². The molecule has 1 N–H and O–H groups in total. The summed E-state index contributed by atoms with van der Waals surface area (Å²) in [6.45, 7) is 1.99. The first-order valence-corrected chi connectivity index (χ1v) is 6.18. The van der Waals surface area contributed by atoms with Crippen molar-refractivity contribution in [2.24, 2.45) is 0 Å². The Hall–Kier alpha value is -2.69. The number of nitrogens with zero attached hydrogens (tertiary/aromatic N) is 2. The molecule has 0 bridgehead atoms. The van der Waals surface area contributed by atoms with Crippen LogP contribution in [0.4, 0.5) is 0 Å². The summed E-state index contributed by atoms with van der Waals surface area (Å²) in [5.74, 6) is 0.725. The molecule has 0 saturated heterocycles. The van der Waals surface area contributed by atoms with Crippen molar-refractivity contribution < 1.29 is 4.74 Å². The summed E-state index contributed by atoms with van der Waals surface area (Å²) >= 11 is 0. The van der Waals surface area contributed by atoms with E-state index in [1.165, 1.54) is 0 Å². The van der Waals surface area contributed by atoms with Crippen molar-refractivity contribution in [2.75, 3.05) is 7.11 Å². The highest BCUT2D eigenvalue weighted by Crippen LogP contribution is 2.32. The summed E-state index contributed by atoms with van der Waals surface area (Å²) in [6.07, 6.45) is 3.19. The van der Waals surface area contributed by atoms with E-state index in [2.05, 4.69) is 15.2 Å². The molecule has 2 heterocycles. The van der Waals surface area contributed by atoms with E-state index >= 15 is 0 Å². The molecule has 1 aromatic carbocycles. The number of pyridine rings is 1. The van der Waals surface area contributed by atoms with Gasteiger partial charge in [-0.1, -0.05) is 6.07 Å². The van der Waals surface area contributed by atoms with E-state index in [0.717, 1.165) is 22.3 Å². The van der Waals surface area contributed by atoms with Crippen molar-refractivity contribution in [1.29, 1.82) is 0 Å². The fraction of sp³-hybridized carbons (Fsp3) is 0.133. The Morgan fingerprint density at radius 2 is 2.05 bits per heavy atom. The van der Waals surface area contributed by atoms with Crippen molar-refractivity contribution in [1.82, 2.24) is 15.2 Å². The lowest BCUT2D eigenvalue weighted by molar-refractivity contribution is 0.416. The van der Waals surface area contributed by atoms with Gasteiger partial charge in [-0.15, -0.1) is 0 Å². The van der Waals surface area contributed by atoms with Gasteiger partial charge in [0.2, 0.25) is 0 Å². The second-order valence-corrected chi connectivity index (χ2v) is 4.53. The summed E-state index contributed by atoms with van der Waals surface area (Å²) in [5, 5.41) is 7.95. The number of nitrogens with one attached hydrogen (secondary N) is 1. The van der Waals surface area contributed by atoms with E-state index in [9.17, 15) is 4.79 Å². The standard InChI is InChI=1S/C15H13N3O2/c1-9-3-4-11(13(7-9)20-2)14-10-5-6-16-8-12(10)15(19)18-17-14/h3-8H,1-2H3,(H,18,19). The number of hydrogen-bond donors (Lipinski definition) is 1. The van der Waals surface area contributed by atoms with Crippen molar-refractivity contribution in [3.63, 3.8) is 0 Å². The highest BCUT2D eigenvalue weighted by atomic mass is 16.5. The molecule has 100 valence electrons. The zero-order valence-electron chi connectivity index (χ0n) is 11.2. The van der Waals surface area contributed by atoms with Crippen LogP contribution in [0, 0.1) is 6.92 Å². The smallest absolute Gasteiger partial charge is 0.273 e. The third kappa shape index (κ3) is 1.93. The molecule has 0 fully saturated rings. The first kappa shape index (κ1) is 12.3. The third-order valence-electron chi connectivity index (χ3n) is 3.20. The average Bonchev–Trinajstić information content (AvgIpc) is 2.48. The van der Waals surface area contributed by atoms with Gasteiger partial charge < -0.3 is 4.74 Å². The summed E-state index contributed by atoms with van der Waals surface area (Å²) in [4.78, 5) is 15.8. The van der Waals surface area contributed by atoms with Gasteiger partial charge in [0.1, 0.15) is 11.4 Å². The Morgan fingerprint density at radius 1 is 1.20 bits per heavy atom. The van der Waals surface area contributed by atoms with Crippen LogP contribution >= 0.6 is 0 Å². The molecule has 0 unspecified atom stereocenters. The molecule has 3 aromatic rings. The normalized spacial score (nSPS) is 10.7. The summed E-state index contributed by atoms with van der Waals surface area (Å²) < 4.78 is 5.41. The quantitative estimate of drug-likeness (QED) is 0.773. The SMILES string of the molecule is COc1cc(C)ccc1-c1n[nH]c(=O)c2cnccc12. The van der Waals surface area contributed by atoms with Gasteiger partial charge in [-0.3, -0.25) is 9.78 Å². The van der Waals surface area contributed by atoms with Crippen molar-refractivity contribution in [3.8, 4) is 17.0 Å². The number of aromatic nitrogens is 3. The van der Waals surface area contributed by atoms with Crippen LogP contribution in [0.5, 0.6) is 5.75 Å². The molecule has 0 atom stereocenters. The largest absolute Gasteiger partial charge is 0.496 e. The van der Waals surface area contributed by atoms with Crippen LogP contribution in [-0.4, -0.2) is 22.3 Å². The highest BCUT2D eigenvalue weighted by molar-refractivity contribution is 5.94. The molecule has 0 aliphatic heterocycles. The number of methoxy groups -OCH3 is 1. The lowest BCUT2D eigenvalue weighted by atomic mass is 10.0. The highest BCUT2D eigenvalue weighted by Gasteiger charge is 2.13. The fourth-order valence-corrected chi connectivity index (χ4v) is 2.21. The number of fused-ring (bicyclic) bond motifs is 1. The van der Waals surface area contributed by atoms with E-state index in [0.29, 0.717) is 11.1 Å². The Morgan fingerprint density at radius 3 is 2.85 bits per heavy atom. The number of benzene rings is 1. The van der Waals surface area contributed by atoms with Crippen molar-refractivity contribution in [3.05, 3.63) is 52.6 Å². The minimum Gasteiger partial charge on any atom is -0.496 e. The molecule has 3 rings (SSSR count). The maximum Gasteiger partial charge on any atom is 0.273 e.